The summed E-state index contributed by atoms with van der Waals surface area (Å²) in [4.78, 5) is 7.17. The molecule has 1 unspecified atom stereocenters. The topological polar surface area (TPSA) is 53.6 Å². The number of anilines is 1. The first-order valence-corrected chi connectivity index (χ1v) is 8.53. The van der Waals surface area contributed by atoms with Gasteiger partial charge in [-0.15, -0.1) is 24.0 Å². The summed E-state index contributed by atoms with van der Waals surface area (Å²) in [6, 6.07) is 9.28. The minimum Gasteiger partial charge on any atom is -0.370 e. The van der Waals surface area contributed by atoms with E-state index in [4.69, 9.17) is 5.73 Å². The third-order valence-corrected chi connectivity index (χ3v) is 4.73. The molecule has 128 valence electrons. The van der Waals surface area contributed by atoms with E-state index in [1.807, 2.05) is 6.07 Å². The van der Waals surface area contributed by atoms with E-state index in [0.29, 0.717) is 17.8 Å². The number of hydrogen-bond donors (Lipinski definition) is 2. The highest BCUT2D eigenvalue weighted by Crippen LogP contribution is 2.31. The van der Waals surface area contributed by atoms with Gasteiger partial charge in [0, 0.05) is 24.8 Å². The fourth-order valence-corrected chi connectivity index (χ4v) is 3.17. The van der Waals surface area contributed by atoms with Gasteiger partial charge in [0.1, 0.15) is 0 Å². The van der Waals surface area contributed by atoms with Crippen molar-refractivity contribution in [2.24, 2.45) is 16.6 Å². The van der Waals surface area contributed by atoms with Crippen LogP contribution < -0.4 is 11.1 Å². The van der Waals surface area contributed by atoms with Crippen LogP contribution in [-0.4, -0.2) is 36.5 Å². The van der Waals surface area contributed by atoms with Crippen LogP contribution in [0.4, 0.5) is 5.69 Å². The zero-order valence-corrected chi connectivity index (χ0v) is 16.5. The second-order valence-corrected chi connectivity index (χ2v) is 7.01. The molecule has 2 fully saturated rings. The number of nitrogens with one attached hydrogen (secondary N) is 1. The van der Waals surface area contributed by atoms with Crippen molar-refractivity contribution in [3.8, 4) is 0 Å². The zero-order valence-electron chi connectivity index (χ0n) is 14.2. The Hall–Kier alpha value is -0.820. The second kappa shape index (κ2) is 8.33. The quantitative estimate of drug-likeness (QED) is 0.428. The molecule has 1 heterocycles. The SMILES string of the molecule is CC(C)c1cccc(NC(N)=NCC2CCN(C3CC3)C2)c1.I. The molecule has 1 aliphatic heterocycles. The maximum atomic E-state index is 6.04. The molecule has 0 spiro atoms. The average molecular weight is 428 g/mol. The number of nitrogens with zero attached hydrogens (tertiary/aromatic N) is 2. The van der Waals surface area contributed by atoms with E-state index in [2.05, 4.69) is 47.3 Å². The van der Waals surface area contributed by atoms with Gasteiger partial charge in [0.2, 0.25) is 0 Å². The molecule has 1 aromatic rings. The van der Waals surface area contributed by atoms with Crippen LogP contribution in [0.25, 0.3) is 0 Å². The Kier molecular flexibility index (Phi) is 6.71. The van der Waals surface area contributed by atoms with Crippen molar-refractivity contribution in [1.82, 2.24) is 4.90 Å². The Labute approximate surface area is 156 Å². The van der Waals surface area contributed by atoms with Gasteiger partial charge in [-0.2, -0.15) is 0 Å². The van der Waals surface area contributed by atoms with E-state index in [1.165, 1.54) is 37.9 Å². The highest BCUT2D eigenvalue weighted by Gasteiger charge is 2.34. The first kappa shape index (κ1) is 18.5. The van der Waals surface area contributed by atoms with Crippen molar-refractivity contribution in [1.29, 1.82) is 0 Å². The van der Waals surface area contributed by atoms with E-state index >= 15 is 0 Å². The molecule has 23 heavy (non-hydrogen) atoms. The lowest BCUT2D eigenvalue weighted by Crippen LogP contribution is -2.25. The van der Waals surface area contributed by atoms with Gasteiger partial charge >= 0.3 is 0 Å². The monoisotopic (exact) mass is 428 g/mol. The number of guanidine groups is 1. The van der Waals surface area contributed by atoms with Crippen molar-refractivity contribution in [3.05, 3.63) is 29.8 Å². The Bertz CT molecular complexity index is 540. The van der Waals surface area contributed by atoms with Crippen molar-refractivity contribution < 1.29 is 0 Å². The lowest BCUT2D eigenvalue weighted by atomic mass is 10.0. The lowest BCUT2D eigenvalue weighted by Gasteiger charge is -2.14. The maximum absolute atomic E-state index is 6.04. The summed E-state index contributed by atoms with van der Waals surface area (Å²) in [5.74, 6) is 1.72. The fraction of sp³-hybridized carbons (Fsp3) is 0.611. The standard InChI is InChI=1S/C18H28N4.HI/c1-13(2)15-4-3-5-16(10-15)21-18(19)20-11-14-8-9-22(12-14)17-6-7-17;/h3-5,10,13-14,17H,6-9,11-12H2,1-2H3,(H3,19,20,21);1H. The Balaban J connectivity index is 0.00000192. The van der Waals surface area contributed by atoms with Crippen molar-refractivity contribution in [3.63, 3.8) is 0 Å². The molecule has 3 rings (SSSR count). The first-order valence-electron chi connectivity index (χ1n) is 8.53. The van der Waals surface area contributed by atoms with E-state index < -0.39 is 0 Å². The summed E-state index contributed by atoms with van der Waals surface area (Å²) in [6.45, 7) is 7.68. The van der Waals surface area contributed by atoms with Gasteiger partial charge in [0.25, 0.3) is 0 Å². The van der Waals surface area contributed by atoms with Gasteiger partial charge in [0.05, 0.1) is 0 Å². The number of rotatable bonds is 5. The third kappa shape index (κ3) is 5.35. The van der Waals surface area contributed by atoms with Gasteiger partial charge in [-0.3, -0.25) is 4.99 Å². The summed E-state index contributed by atoms with van der Waals surface area (Å²) in [5.41, 5.74) is 8.38. The maximum Gasteiger partial charge on any atom is 0.193 e. The van der Waals surface area contributed by atoms with Crippen molar-refractivity contribution >= 4 is 35.6 Å². The number of halogens is 1. The van der Waals surface area contributed by atoms with E-state index in [1.54, 1.807) is 0 Å². The van der Waals surface area contributed by atoms with Crippen LogP contribution in [0.15, 0.2) is 29.3 Å². The molecule has 1 saturated heterocycles. The van der Waals surface area contributed by atoms with E-state index in [-0.39, 0.29) is 24.0 Å². The molecule has 1 aromatic carbocycles. The van der Waals surface area contributed by atoms with E-state index in [9.17, 15) is 0 Å². The van der Waals surface area contributed by atoms with Crippen LogP contribution in [0.2, 0.25) is 0 Å². The second-order valence-electron chi connectivity index (χ2n) is 7.01. The van der Waals surface area contributed by atoms with Gasteiger partial charge in [0.15, 0.2) is 5.96 Å². The molecule has 2 aliphatic rings. The number of nitrogens with two attached hydrogens (primary N) is 1. The predicted molar refractivity (Wildman–Crippen MR) is 109 cm³/mol. The Morgan fingerprint density at radius 3 is 2.83 bits per heavy atom. The normalized spacial score (nSPS) is 22.2. The minimum atomic E-state index is 0. The highest BCUT2D eigenvalue weighted by atomic mass is 127. The van der Waals surface area contributed by atoms with Crippen LogP contribution >= 0.6 is 24.0 Å². The van der Waals surface area contributed by atoms with Gasteiger partial charge in [-0.1, -0.05) is 26.0 Å². The summed E-state index contributed by atoms with van der Waals surface area (Å²) in [5, 5.41) is 3.22. The number of aliphatic imine (C=N–C) groups is 1. The van der Waals surface area contributed by atoms with Gasteiger partial charge in [-0.05, 0) is 55.3 Å². The number of likely N-dealkylation sites (tertiary alicyclic amines) is 1. The summed E-state index contributed by atoms with van der Waals surface area (Å²) in [7, 11) is 0. The van der Waals surface area contributed by atoms with Gasteiger partial charge in [-0.25, -0.2) is 0 Å². The third-order valence-electron chi connectivity index (χ3n) is 4.73. The fourth-order valence-electron chi connectivity index (χ4n) is 3.17. The summed E-state index contributed by atoms with van der Waals surface area (Å²) in [6.07, 6.45) is 4.05. The predicted octanol–water partition coefficient (Wildman–Crippen LogP) is 3.64. The molecule has 1 aliphatic carbocycles. The van der Waals surface area contributed by atoms with E-state index in [0.717, 1.165) is 18.3 Å². The number of benzene rings is 1. The van der Waals surface area contributed by atoms with Crippen molar-refractivity contribution in [2.45, 2.75) is 45.1 Å². The van der Waals surface area contributed by atoms with Crippen LogP contribution in [0.3, 0.4) is 0 Å². The molecule has 1 saturated carbocycles. The molecule has 1 atom stereocenters. The van der Waals surface area contributed by atoms with Crippen LogP contribution in [-0.2, 0) is 0 Å². The van der Waals surface area contributed by atoms with Gasteiger partial charge < -0.3 is 16.0 Å². The van der Waals surface area contributed by atoms with Crippen molar-refractivity contribution in [2.75, 3.05) is 25.0 Å². The molecular weight excluding hydrogens is 399 g/mol. The summed E-state index contributed by atoms with van der Waals surface area (Å²) < 4.78 is 0. The Morgan fingerprint density at radius 1 is 1.35 bits per heavy atom. The first-order chi connectivity index (χ1) is 10.6. The molecule has 3 N–H and O–H groups in total. The van der Waals surface area contributed by atoms with Crippen LogP contribution in [0.1, 0.15) is 44.6 Å². The summed E-state index contributed by atoms with van der Waals surface area (Å²) >= 11 is 0. The molecule has 0 bridgehead atoms. The Morgan fingerprint density at radius 2 is 2.13 bits per heavy atom. The largest absolute Gasteiger partial charge is 0.370 e. The smallest absolute Gasteiger partial charge is 0.193 e. The molecular formula is C18H29IN4. The molecule has 4 nitrogen and oxygen atoms in total. The lowest BCUT2D eigenvalue weighted by molar-refractivity contribution is 0.315. The minimum absolute atomic E-state index is 0. The zero-order chi connectivity index (χ0) is 15.5. The van der Waals surface area contributed by atoms with Crippen LogP contribution in [0.5, 0.6) is 0 Å². The number of hydrogen-bond acceptors (Lipinski definition) is 2. The molecule has 5 heteroatoms. The average Bonchev–Trinajstić information content (AvgIpc) is 3.24. The highest BCUT2D eigenvalue weighted by molar-refractivity contribution is 14.0. The van der Waals surface area contributed by atoms with Crippen LogP contribution in [0, 0.1) is 5.92 Å². The molecule has 0 aromatic heterocycles. The molecule has 0 amide bonds. The molecule has 0 radical (unpaired) electrons.